The molecule has 0 aliphatic carbocycles. The number of aliphatic hydroxyl groups is 1. The van der Waals surface area contributed by atoms with Gasteiger partial charge in [-0.25, -0.2) is 0 Å². The Morgan fingerprint density at radius 2 is 2.31 bits per heavy atom. The molecule has 0 amide bonds. The van der Waals surface area contributed by atoms with Crippen molar-refractivity contribution in [3.8, 4) is 0 Å². The molecule has 0 spiro atoms. The van der Waals surface area contributed by atoms with E-state index in [1.165, 1.54) is 15.1 Å². The van der Waals surface area contributed by atoms with E-state index < -0.39 is 5.60 Å². The molecule has 1 atom stereocenters. The standard InChI is InChI=1S/C12H18BrNOS/c1-12(2,15)10-4-3-7-14(10)8-9-5-6-11(13)16-9/h5-6,10,15H,3-4,7-8H2,1-2H3. The van der Waals surface area contributed by atoms with Crippen LogP contribution in [0, 0.1) is 0 Å². The summed E-state index contributed by atoms with van der Waals surface area (Å²) in [6, 6.07) is 4.55. The van der Waals surface area contributed by atoms with Crippen molar-refractivity contribution >= 4 is 27.3 Å². The normalized spacial score (nSPS) is 22.9. The number of thiophene rings is 1. The van der Waals surface area contributed by atoms with Crippen molar-refractivity contribution in [1.82, 2.24) is 4.90 Å². The van der Waals surface area contributed by atoms with Crippen LogP contribution in [0.1, 0.15) is 31.6 Å². The summed E-state index contributed by atoms with van der Waals surface area (Å²) in [7, 11) is 0. The Labute approximate surface area is 109 Å². The average molecular weight is 304 g/mol. The molecule has 1 aliphatic heterocycles. The molecule has 4 heteroatoms. The Balaban J connectivity index is 2.04. The second-order valence-corrected chi connectivity index (χ2v) is 7.54. The second-order valence-electron chi connectivity index (χ2n) is 4.99. The third kappa shape index (κ3) is 2.86. The maximum absolute atomic E-state index is 10.1. The molecule has 2 rings (SSSR count). The van der Waals surface area contributed by atoms with Crippen LogP contribution >= 0.6 is 27.3 Å². The van der Waals surface area contributed by atoms with Gasteiger partial charge >= 0.3 is 0 Å². The van der Waals surface area contributed by atoms with Crippen molar-refractivity contribution in [2.45, 2.75) is 44.9 Å². The summed E-state index contributed by atoms with van der Waals surface area (Å²) in [4.78, 5) is 3.76. The molecule has 1 aliphatic rings. The lowest BCUT2D eigenvalue weighted by atomic mass is 9.97. The lowest BCUT2D eigenvalue weighted by molar-refractivity contribution is -0.00471. The molecular weight excluding hydrogens is 286 g/mol. The first-order valence-corrected chi connectivity index (χ1v) is 7.28. The van der Waals surface area contributed by atoms with Crippen LogP contribution in [0.25, 0.3) is 0 Å². The molecule has 1 unspecified atom stereocenters. The van der Waals surface area contributed by atoms with E-state index in [2.05, 4.69) is 33.0 Å². The number of likely N-dealkylation sites (tertiary alicyclic amines) is 1. The van der Waals surface area contributed by atoms with Gasteiger partial charge in [0.15, 0.2) is 0 Å². The monoisotopic (exact) mass is 303 g/mol. The van der Waals surface area contributed by atoms with Gasteiger partial charge in [-0.15, -0.1) is 11.3 Å². The fourth-order valence-corrected chi connectivity index (χ4v) is 3.96. The Bertz CT molecular complexity index is 358. The molecule has 1 saturated heterocycles. The molecule has 1 aromatic rings. The molecule has 0 saturated carbocycles. The van der Waals surface area contributed by atoms with Crippen LogP contribution < -0.4 is 0 Å². The van der Waals surface area contributed by atoms with Gasteiger partial charge in [-0.1, -0.05) is 0 Å². The molecule has 1 N–H and O–H groups in total. The maximum Gasteiger partial charge on any atom is 0.0746 e. The molecule has 0 aromatic carbocycles. The van der Waals surface area contributed by atoms with Crippen molar-refractivity contribution in [3.05, 3.63) is 20.8 Å². The van der Waals surface area contributed by atoms with Crippen molar-refractivity contribution < 1.29 is 5.11 Å². The van der Waals surface area contributed by atoms with Crippen LogP contribution in [-0.2, 0) is 6.54 Å². The molecule has 90 valence electrons. The third-order valence-electron chi connectivity index (χ3n) is 3.17. The zero-order valence-corrected chi connectivity index (χ0v) is 12.1. The summed E-state index contributed by atoms with van der Waals surface area (Å²) < 4.78 is 1.18. The fraction of sp³-hybridized carbons (Fsp3) is 0.667. The van der Waals surface area contributed by atoms with E-state index in [0.717, 1.165) is 19.5 Å². The summed E-state index contributed by atoms with van der Waals surface area (Å²) >= 11 is 5.27. The van der Waals surface area contributed by atoms with Gasteiger partial charge in [-0.2, -0.15) is 0 Å². The van der Waals surface area contributed by atoms with Gasteiger partial charge in [0.05, 0.1) is 9.39 Å². The first-order valence-electron chi connectivity index (χ1n) is 5.67. The number of hydrogen-bond acceptors (Lipinski definition) is 3. The number of nitrogens with zero attached hydrogens (tertiary/aromatic N) is 1. The van der Waals surface area contributed by atoms with E-state index in [1.807, 2.05) is 13.8 Å². The Kier molecular flexibility index (Phi) is 3.74. The average Bonchev–Trinajstić information content (AvgIpc) is 2.74. The topological polar surface area (TPSA) is 23.5 Å². The van der Waals surface area contributed by atoms with Crippen LogP contribution in [-0.4, -0.2) is 28.2 Å². The first-order chi connectivity index (χ1) is 7.47. The summed E-state index contributed by atoms with van der Waals surface area (Å²) in [5.74, 6) is 0. The second kappa shape index (κ2) is 4.77. The minimum Gasteiger partial charge on any atom is -0.389 e. The smallest absolute Gasteiger partial charge is 0.0746 e. The maximum atomic E-state index is 10.1. The molecule has 2 nitrogen and oxygen atoms in total. The van der Waals surface area contributed by atoms with Gasteiger partial charge < -0.3 is 5.11 Å². The van der Waals surface area contributed by atoms with Crippen molar-refractivity contribution in [3.63, 3.8) is 0 Å². The zero-order valence-electron chi connectivity index (χ0n) is 9.74. The molecular formula is C12H18BrNOS. The zero-order chi connectivity index (χ0) is 11.8. The molecule has 0 radical (unpaired) electrons. The van der Waals surface area contributed by atoms with Gasteiger partial charge in [0.2, 0.25) is 0 Å². The van der Waals surface area contributed by atoms with Crippen molar-refractivity contribution in [2.75, 3.05) is 6.54 Å². The van der Waals surface area contributed by atoms with Crippen LogP contribution in [0.5, 0.6) is 0 Å². The largest absolute Gasteiger partial charge is 0.389 e. The predicted molar refractivity (Wildman–Crippen MR) is 71.7 cm³/mol. The molecule has 16 heavy (non-hydrogen) atoms. The van der Waals surface area contributed by atoms with E-state index in [4.69, 9.17) is 0 Å². The number of hydrogen-bond donors (Lipinski definition) is 1. The summed E-state index contributed by atoms with van der Waals surface area (Å²) in [6.45, 7) is 5.90. The van der Waals surface area contributed by atoms with Gasteiger partial charge in [0.1, 0.15) is 0 Å². The molecule has 1 aromatic heterocycles. The first kappa shape index (κ1) is 12.6. The van der Waals surface area contributed by atoms with Gasteiger partial charge in [-0.05, 0) is 61.3 Å². The van der Waals surface area contributed by atoms with E-state index in [1.54, 1.807) is 11.3 Å². The highest BCUT2D eigenvalue weighted by Gasteiger charge is 2.35. The number of halogens is 1. The molecule has 1 fully saturated rings. The quantitative estimate of drug-likeness (QED) is 0.926. The van der Waals surface area contributed by atoms with Gasteiger partial charge in [0, 0.05) is 17.5 Å². The Hall–Kier alpha value is 0.1000. The lowest BCUT2D eigenvalue weighted by Crippen LogP contribution is -2.45. The SMILES string of the molecule is CC(C)(O)C1CCCN1Cc1ccc(Br)s1. The molecule has 2 heterocycles. The van der Waals surface area contributed by atoms with Crippen LogP contribution in [0.3, 0.4) is 0 Å². The van der Waals surface area contributed by atoms with Crippen molar-refractivity contribution in [2.24, 2.45) is 0 Å². The highest BCUT2D eigenvalue weighted by Crippen LogP contribution is 2.30. The van der Waals surface area contributed by atoms with Crippen LogP contribution in [0.2, 0.25) is 0 Å². The van der Waals surface area contributed by atoms with Crippen LogP contribution in [0.15, 0.2) is 15.9 Å². The highest BCUT2D eigenvalue weighted by atomic mass is 79.9. The molecule has 0 bridgehead atoms. The predicted octanol–water partition coefficient (Wildman–Crippen LogP) is 3.25. The summed E-state index contributed by atoms with van der Waals surface area (Å²) in [5, 5.41) is 10.1. The van der Waals surface area contributed by atoms with E-state index in [-0.39, 0.29) is 0 Å². The van der Waals surface area contributed by atoms with Crippen molar-refractivity contribution in [1.29, 1.82) is 0 Å². The fourth-order valence-electron chi connectivity index (χ4n) is 2.45. The van der Waals surface area contributed by atoms with E-state index >= 15 is 0 Å². The number of rotatable bonds is 3. The van der Waals surface area contributed by atoms with Gasteiger partial charge in [-0.3, -0.25) is 4.90 Å². The summed E-state index contributed by atoms with van der Waals surface area (Å²) in [5.41, 5.74) is -0.592. The van der Waals surface area contributed by atoms with Gasteiger partial charge in [0.25, 0.3) is 0 Å². The minimum atomic E-state index is -0.592. The Morgan fingerprint density at radius 3 is 2.88 bits per heavy atom. The lowest BCUT2D eigenvalue weighted by Gasteiger charge is -2.33. The van der Waals surface area contributed by atoms with E-state index in [0.29, 0.717) is 6.04 Å². The van der Waals surface area contributed by atoms with Crippen LogP contribution in [0.4, 0.5) is 0 Å². The highest BCUT2D eigenvalue weighted by molar-refractivity contribution is 9.11. The Morgan fingerprint density at radius 1 is 1.56 bits per heavy atom. The summed E-state index contributed by atoms with van der Waals surface area (Å²) in [6.07, 6.45) is 2.30. The third-order valence-corrected chi connectivity index (χ3v) is 4.78. The minimum absolute atomic E-state index is 0.299. The van der Waals surface area contributed by atoms with E-state index in [9.17, 15) is 5.11 Å².